The lowest BCUT2D eigenvalue weighted by Gasteiger charge is -2.39. The van der Waals surface area contributed by atoms with Crippen LogP contribution in [0.1, 0.15) is 51.4 Å². The lowest BCUT2D eigenvalue weighted by molar-refractivity contribution is 0.0212. The van der Waals surface area contributed by atoms with Gasteiger partial charge < -0.3 is 25.4 Å². The molecule has 0 radical (unpaired) electrons. The van der Waals surface area contributed by atoms with E-state index in [1.165, 1.54) is 32.1 Å². The standard InChI is InChI=1S/C25H46N4O2/c1-31-19-16-26-14-15-27-24(21-8-4-2-5-9-21)20-29-17-12-22(13-18-29)25(30)28-23-10-6-3-7-11-23/h2,4-5,8,21-28,30H,3,6-7,9-20H2,1H3. The van der Waals surface area contributed by atoms with Crippen LogP contribution in [0.4, 0.5) is 0 Å². The molecule has 2 fully saturated rings. The molecule has 0 bridgehead atoms. The minimum atomic E-state index is -0.330. The highest BCUT2D eigenvalue weighted by Gasteiger charge is 2.29. The summed E-state index contributed by atoms with van der Waals surface area (Å²) in [5.74, 6) is 0.951. The van der Waals surface area contributed by atoms with Crippen molar-refractivity contribution in [3.63, 3.8) is 0 Å². The van der Waals surface area contributed by atoms with Gasteiger partial charge in [-0.3, -0.25) is 5.32 Å². The minimum absolute atomic E-state index is 0.330. The van der Waals surface area contributed by atoms with Crippen LogP contribution in [0.3, 0.4) is 0 Å². The van der Waals surface area contributed by atoms with Crippen LogP contribution < -0.4 is 16.0 Å². The first kappa shape index (κ1) is 24.9. The molecule has 1 heterocycles. The maximum absolute atomic E-state index is 10.7. The third-order valence-corrected chi connectivity index (χ3v) is 7.27. The van der Waals surface area contributed by atoms with Crippen molar-refractivity contribution in [1.82, 2.24) is 20.9 Å². The lowest BCUT2D eigenvalue weighted by atomic mass is 9.89. The zero-order valence-electron chi connectivity index (χ0n) is 19.6. The normalized spacial score (nSPS) is 25.7. The summed E-state index contributed by atoms with van der Waals surface area (Å²) >= 11 is 0. The predicted molar refractivity (Wildman–Crippen MR) is 128 cm³/mol. The summed E-state index contributed by atoms with van der Waals surface area (Å²) in [4.78, 5) is 2.60. The molecule has 1 saturated carbocycles. The topological polar surface area (TPSA) is 68.8 Å². The average molecular weight is 435 g/mol. The van der Waals surface area contributed by atoms with Gasteiger partial charge in [0.15, 0.2) is 0 Å². The molecule has 6 heteroatoms. The Morgan fingerprint density at radius 3 is 2.55 bits per heavy atom. The van der Waals surface area contributed by atoms with E-state index in [1.807, 2.05) is 0 Å². The summed E-state index contributed by atoms with van der Waals surface area (Å²) in [5, 5.41) is 21.5. The van der Waals surface area contributed by atoms with Crippen molar-refractivity contribution in [3.05, 3.63) is 24.3 Å². The van der Waals surface area contributed by atoms with Gasteiger partial charge in [0.2, 0.25) is 0 Å². The maximum Gasteiger partial charge on any atom is 0.108 e. The number of hydrogen-bond donors (Lipinski definition) is 4. The predicted octanol–water partition coefficient (Wildman–Crippen LogP) is 2.27. The van der Waals surface area contributed by atoms with Gasteiger partial charge in [-0.15, -0.1) is 0 Å². The van der Waals surface area contributed by atoms with E-state index >= 15 is 0 Å². The summed E-state index contributed by atoms with van der Waals surface area (Å²) in [6.45, 7) is 6.86. The fraction of sp³-hybridized carbons (Fsp3) is 0.840. The molecule has 3 rings (SSSR count). The number of nitrogens with zero attached hydrogens (tertiary/aromatic N) is 1. The maximum atomic E-state index is 10.7. The van der Waals surface area contributed by atoms with Gasteiger partial charge in [-0.05, 0) is 51.1 Å². The lowest BCUT2D eigenvalue weighted by Crippen LogP contribution is -2.51. The third kappa shape index (κ3) is 8.95. The van der Waals surface area contributed by atoms with Crippen molar-refractivity contribution in [2.75, 3.05) is 53.0 Å². The van der Waals surface area contributed by atoms with Crippen LogP contribution in [0, 0.1) is 11.8 Å². The molecule has 3 atom stereocenters. The van der Waals surface area contributed by atoms with Gasteiger partial charge in [-0.25, -0.2) is 0 Å². The molecule has 4 N–H and O–H groups in total. The van der Waals surface area contributed by atoms with Crippen molar-refractivity contribution in [2.24, 2.45) is 11.8 Å². The largest absolute Gasteiger partial charge is 0.383 e. The molecule has 3 aliphatic rings. The summed E-state index contributed by atoms with van der Waals surface area (Å²) in [7, 11) is 1.74. The quantitative estimate of drug-likeness (QED) is 0.263. The molecule has 2 aliphatic carbocycles. The van der Waals surface area contributed by atoms with Gasteiger partial charge >= 0.3 is 0 Å². The van der Waals surface area contributed by atoms with Gasteiger partial charge in [0, 0.05) is 51.3 Å². The average Bonchev–Trinajstić information content (AvgIpc) is 2.82. The molecule has 0 aromatic heterocycles. The Morgan fingerprint density at radius 1 is 1.03 bits per heavy atom. The smallest absolute Gasteiger partial charge is 0.108 e. The summed E-state index contributed by atoms with van der Waals surface area (Å²) in [6.07, 6.45) is 18.4. The third-order valence-electron chi connectivity index (χ3n) is 7.27. The Balaban J connectivity index is 1.40. The van der Waals surface area contributed by atoms with Crippen molar-refractivity contribution < 1.29 is 9.84 Å². The van der Waals surface area contributed by atoms with Crippen LogP contribution >= 0.6 is 0 Å². The van der Waals surface area contributed by atoms with E-state index in [-0.39, 0.29) is 6.23 Å². The van der Waals surface area contributed by atoms with Crippen LogP contribution in [0.2, 0.25) is 0 Å². The Bertz CT molecular complexity index is 528. The van der Waals surface area contributed by atoms with E-state index in [1.54, 1.807) is 7.11 Å². The monoisotopic (exact) mass is 434 g/mol. The molecule has 178 valence electrons. The zero-order valence-corrected chi connectivity index (χ0v) is 19.6. The molecule has 0 spiro atoms. The molecule has 0 amide bonds. The van der Waals surface area contributed by atoms with Crippen LogP contribution in [0.25, 0.3) is 0 Å². The van der Waals surface area contributed by atoms with Crippen molar-refractivity contribution >= 4 is 0 Å². The number of ether oxygens (including phenoxy) is 1. The molecule has 1 saturated heterocycles. The van der Waals surface area contributed by atoms with Crippen LogP contribution in [-0.4, -0.2) is 81.3 Å². The van der Waals surface area contributed by atoms with E-state index in [4.69, 9.17) is 4.74 Å². The van der Waals surface area contributed by atoms with E-state index in [2.05, 4.69) is 45.2 Å². The molecule has 3 unspecified atom stereocenters. The number of allylic oxidation sites excluding steroid dienone is 3. The van der Waals surface area contributed by atoms with Crippen molar-refractivity contribution in [2.45, 2.75) is 69.7 Å². The number of piperidine rings is 1. The van der Waals surface area contributed by atoms with Crippen molar-refractivity contribution in [1.29, 1.82) is 0 Å². The highest BCUT2D eigenvalue weighted by molar-refractivity contribution is 5.13. The van der Waals surface area contributed by atoms with Crippen molar-refractivity contribution in [3.8, 4) is 0 Å². The second-order valence-electron chi connectivity index (χ2n) is 9.60. The number of aliphatic hydroxyl groups is 1. The van der Waals surface area contributed by atoms with E-state index in [9.17, 15) is 5.11 Å². The summed E-state index contributed by atoms with van der Waals surface area (Å²) < 4.78 is 5.10. The first-order valence-corrected chi connectivity index (χ1v) is 12.7. The highest BCUT2D eigenvalue weighted by atomic mass is 16.5. The molecule has 31 heavy (non-hydrogen) atoms. The second-order valence-corrected chi connectivity index (χ2v) is 9.60. The first-order valence-electron chi connectivity index (χ1n) is 12.7. The minimum Gasteiger partial charge on any atom is -0.383 e. The SMILES string of the molecule is COCCNCCNC(CN1CCC(C(O)NC2CCCCC2)CC1)C1C=CC=CC1. The second kappa shape index (κ2) is 14.4. The van der Waals surface area contributed by atoms with Gasteiger partial charge in [-0.1, -0.05) is 43.6 Å². The van der Waals surface area contributed by atoms with Gasteiger partial charge in [-0.2, -0.15) is 0 Å². The molecule has 6 nitrogen and oxygen atoms in total. The van der Waals surface area contributed by atoms with E-state index in [0.29, 0.717) is 23.9 Å². The first-order chi connectivity index (χ1) is 15.3. The molecular weight excluding hydrogens is 388 g/mol. The Labute approximate surface area is 189 Å². The molecule has 0 aromatic rings. The van der Waals surface area contributed by atoms with Crippen LogP contribution in [-0.2, 0) is 4.74 Å². The number of aliphatic hydroxyl groups excluding tert-OH is 1. The van der Waals surface area contributed by atoms with Crippen LogP contribution in [0.5, 0.6) is 0 Å². The summed E-state index contributed by atoms with van der Waals surface area (Å²) in [5.41, 5.74) is 0. The number of nitrogens with one attached hydrogen (secondary N) is 3. The van der Waals surface area contributed by atoms with E-state index in [0.717, 1.165) is 65.1 Å². The van der Waals surface area contributed by atoms with Crippen LogP contribution in [0.15, 0.2) is 24.3 Å². The summed E-state index contributed by atoms with van der Waals surface area (Å²) in [6, 6.07) is 0.992. The fourth-order valence-electron chi connectivity index (χ4n) is 5.27. The molecular formula is C25H46N4O2. The van der Waals surface area contributed by atoms with Gasteiger partial charge in [0.25, 0.3) is 0 Å². The molecule has 0 aromatic carbocycles. The number of likely N-dealkylation sites (tertiary alicyclic amines) is 1. The Kier molecular flexibility index (Phi) is 11.6. The Hall–Kier alpha value is -0.760. The Morgan fingerprint density at radius 2 is 1.84 bits per heavy atom. The highest BCUT2D eigenvalue weighted by Crippen LogP contribution is 2.24. The van der Waals surface area contributed by atoms with Gasteiger partial charge in [0.1, 0.15) is 6.23 Å². The number of hydrogen-bond acceptors (Lipinski definition) is 6. The zero-order chi connectivity index (χ0) is 21.7. The fourth-order valence-corrected chi connectivity index (χ4v) is 5.27. The number of methoxy groups -OCH3 is 1. The van der Waals surface area contributed by atoms with E-state index < -0.39 is 0 Å². The number of rotatable bonds is 13. The molecule has 1 aliphatic heterocycles. The van der Waals surface area contributed by atoms with Gasteiger partial charge in [0.05, 0.1) is 6.61 Å².